The van der Waals surface area contributed by atoms with E-state index in [4.69, 9.17) is 4.42 Å². The van der Waals surface area contributed by atoms with Gasteiger partial charge in [-0.15, -0.1) is 0 Å². The Morgan fingerprint density at radius 2 is 0.727 bits per heavy atom. The molecule has 308 valence electrons. The van der Waals surface area contributed by atoms with Gasteiger partial charge in [0.05, 0.1) is 33.0 Å². The van der Waals surface area contributed by atoms with Crippen molar-refractivity contribution in [2.75, 3.05) is 0 Å². The van der Waals surface area contributed by atoms with Gasteiger partial charge in [-0.05, 0) is 113 Å². The number of nitrogens with zero attached hydrogens (tertiary/aromatic N) is 3. The summed E-state index contributed by atoms with van der Waals surface area (Å²) >= 11 is 0. The van der Waals surface area contributed by atoms with E-state index in [9.17, 15) is 0 Å². The molecule has 0 amide bonds. The van der Waals surface area contributed by atoms with Gasteiger partial charge in [0, 0.05) is 54.9 Å². The lowest BCUT2D eigenvalue weighted by Gasteiger charge is -2.13. The first-order valence-corrected chi connectivity index (χ1v) is 22.6. The lowest BCUT2D eigenvalue weighted by Crippen LogP contribution is -1.96. The highest BCUT2D eigenvalue weighted by atomic mass is 16.3. The third-order valence-corrected chi connectivity index (χ3v) is 13.7. The zero-order valence-corrected chi connectivity index (χ0v) is 35.8. The Morgan fingerprint density at radius 1 is 0.273 bits per heavy atom. The van der Waals surface area contributed by atoms with Crippen LogP contribution in [-0.2, 0) is 0 Å². The summed E-state index contributed by atoms with van der Waals surface area (Å²) in [6.45, 7) is 0. The molecule has 4 nitrogen and oxygen atoms in total. The SMILES string of the molecule is c1ccc(-c2ccc3c(c2)c2cc(-c4ccc5c(c4)c4ccccc4n5-c4ccccc4)ccc2n3-c2ccc(-c3cccc4c5c6ccccc6oc5n(-c5ccccc5)c34)cc2)cc1. The molecule has 0 saturated heterocycles. The van der Waals surface area contributed by atoms with Gasteiger partial charge in [-0.1, -0.05) is 152 Å². The zero-order chi connectivity index (χ0) is 43.3. The average molecular weight is 842 g/mol. The fourth-order valence-corrected chi connectivity index (χ4v) is 10.7. The molecule has 0 aliphatic rings. The van der Waals surface area contributed by atoms with Crippen LogP contribution in [-0.4, -0.2) is 13.7 Å². The number of rotatable bonds is 6. The van der Waals surface area contributed by atoms with Crippen molar-refractivity contribution in [3.05, 3.63) is 237 Å². The van der Waals surface area contributed by atoms with E-state index in [0.29, 0.717) is 0 Å². The van der Waals surface area contributed by atoms with Crippen LogP contribution in [0.1, 0.15) is 0 Å². The fourth-order valence-electron chi connectivity index (χ4n) is 10.7. The molecule has 4 heteroatoms. The van der Waals surface area contributed by atoms with Crippen molar-refractivity contribution in [3.63, 3.8) is 0 Å². The lowest BCUT2D eigenvalue weighted by molar-refractivity contribution is 0.645. The van der Waals surface area contributed by atoms with E-state index in [0.717, 1.165) is 55.8 Å². The molecule has 0 fully saturated rings. The minimum absolute atomic E-state index is 0.861. The first-order valence-electron chi connectivity index (χ1n) is 22.6. The minimum atomic E-state index is 0.861. The van der Waals surface area contributed by atoms with Crippen LogP contribution in [0.4, 0.5) is 0 Å². The molecule has 0 unspecified atom stereocenters. The fraction of sp³-hybridized carbons (Fsp3) is 0. The third-order valence-electron chi connectivity index (χ3n) is 13.7. The first-order chi connectivity index (χ1) is 32.7. The molecule has 0 bridgehead atoms. The quantitative estimate of drug-likeness (QED) is 0.164. The van der Waals surface area contributed by atoms with E-state index in [-0.39, 0.29) is 0 Å². The maximum Gasteiger partial charge on any atom is 0.213 e. The van der Waals surface area contributed by atoms with Crippen LogP contribution in [0.15, 0.2) is 241 Å². The van der Waals surface area contributed by atoms with Crippen molar-refractivity contribution in [1.82, 2.24) is 13.7 Å². The van der Waals surface area contributed by atoms with Gasteiger partial charge in [-0.3, -0.25) is 4.57 Å². The van der Waals surface area contributed by atoms with E-state index in [1.807, 2.05) is 6.07 Å². The monoisotopic (exact) mass is 841 g/mol. The minimum Gasteiger partial charge on any atom is -0.439 e. The first kappa shape index (κ1) is 36.6. The van der Waals surface area contributed by atoms with E-state index in [1.165, 1.54) is 71.3 Å². The number of fused-ring (bicyclic) bond motifs is 11. The molecular weight excluding hydrogens is 803 g/mol. The molecule has 0 N–H and O–H groups in total. The predicted octanol–water partition coefficient (Wildman–Crippen LogP) is 16.7. The highest BCUT2D eigenvalue weighted by Gasteiger charge is 2.23. The summed E-state index contributed by atoms with van der Waals surface area (Å²) in [7, 11) is 0. The maximum atomic E-state index is 6.65. The number of para-hydroxylation sites is 5. The van der Waals surface area contributed by atoms with Crippen molar-refractivity contribution in [2.45, 2.75) is 0 Å². The van der Waals surface area contributed by atoms with Crippen LogP contribution < -0.4 is 0 Å². The predicted molar refractivity (Wildman–Crippen MR) is 276 cm³/mol. The highest BCUT2D eigenvalue weighted by molar-refractivity contribution is 6.22. The van der Waals surface area contributed by atoms with Crippen molar-refractivity contribution < 1.29 is 4.42 Å². The molecule has 0 spiro atoms. The summed E-state index contributed by atoms with van der Waals surface area (Å²) < 4.78 is 13.7. The molecule has 0 atom stereocenters. The maximum absolute atomic E-state index is 6.65. The number of furan rings is 1. The summed E-state index contributed by atoms with van der Waals surface area (Å²) in [5.41, 5.74) is 18.1. The summed E-state index contributed by atoms with van der Waals surface area (Å²) in [5, 5.41) is 8.38. The molecule has 66 heavy (non-hydrogen) atoms. The Bertz CT molecular complexity index is 4190. The van der Waals surface area contributed by atoms with Crippen LogP contribution >= 0.6 is 0 Å². The molecule has 4 heterocycles. The number of aromatic nitrogens is 3. The summed E-state index contributed by atoms with van der Waals surface area (Å²) in [6.07, 6.45) is 0. The van der Waals surface area contributed by atoms with Gasteiger partial charge in [-0.2, -0.15) is 0 Å². The van der Waals surface area contributed by atoms with Gasteiger partial charge in [0.1, 0.15) is 5.58 Å². The van der Waals surface area contributed by atoms with E-state index >= 15 is 0 Å². The molecule has 0 radical (unpaired) electrons. The van der Waals surface area contributed by atoms with E-state index in [2.05, 4.69) is 244 Å². The Labute approximate surface area is 380 Å². The van der Waals surface area contributed by atoms with E-state index in [1.54, 1.807) is 0 Å². The van der Waals surface area contributed by atoms with Crippen LogP contribution in [0.25, 0.3) is 127 Å². The topological polar surface area (TPSA) is 27.9 Å². The molecule has 0 aliphatic heterocycles. The standard InChI is InChI=1S/C62H39N3O/c1-4-15-40(16-5-1)42-29-34-57-53(37-42)54-39-44(43-30-35-56-52(38-43)49-21-10-12-25-55(49)63(56)45-17-6-2-7-18-45)31-36-58(54)64(57)47-32-27-41(28-33-47)48-23-14-24-51-60-50-22-11-13-26-59(50)66-62(60)65(61(48)51)46-19-8-3-9-20-46/h1-39H. The van der Waals surface area contributed by atoms with Gasteiger partial charge in [-0.25, -0.2) is 0 Å². The van der Waals surface area contributed by atoms with Crippen LogP contribution in [0.2, 0.25) is 0 Å². The van der Waals surface area contributed by atoms with E-state index < -0.39 is 0 Å². The third kappa shape index (κ3) is 5.45. The Balaban J connectivity index is 0.937. The number of hydrogen-bond donors (Lipinski definition) is 0. The van der Waals surface area contributed by atoms with Crippen molar-refractivity contribution >= 4 is 76.6 Å². The molecular formula is C62H39N3O. The summed E-state index contributed by atoms with van der Waals surface area (Å²) in [6, 6.07) is 85.6. The van der Waals surface area contributed by atoms with Crippen LogP contribution in [0.3, 0.4) is 0 Å². The van der Waals surface area contributed by atoms with Crippen LogP contribution in [0, 0.1) is 0 Å². The average Bonchev–Trinajstić information content (AvgIpc) is 4.12. The van der Waals surface area contributed by atoms with Gasteiger partial charge in [0.15, 0.2) is 0 Å². The van der Waals surface area contributed by atoms with Gasteiger partial charge >= 0.3 is 0 Å². The van der Waals surface area contributed by atoms with Gasteiger partial charge in [0.25, 0.3) is 0 Å². The summed E-state index contributed by atoms with van der Waals surface area (Å²) in [4.78, 5) is 0. The molecule has 10 aromatic carbocycles. The zero-order valence-electron chi connectivity index (χ0n) is 35.8. The largest absolute Gasteiger partial charge is 0.439 e. The second-order valence-electron chi connectivity index (χ2n) is 17.3. The molecule has 4 aromatic heterocycles. The van der Waals surface area contributed by atoms with Gasteiger partial charge < -0.3 is 13.6 Å². The Morgan fingerprint density at radius 3 is 1.36 bits per heavy atom. The second kappa shape index (κ2) is 14.3. The van der Waals surface area contributed by atoms with Crippen LogP contribution in [0.5, 0.6) is 0 Å². The second-order valence-corrected chi connectivity index (χ2v) is 17.3. The highest BCUT2D eigenvalue weighted by Crippen LogP contribution is 2.44. The number of benzene rings is 10. The normalized spacial score (nSPS) is 11.9. The Hall–Kier alpha value is -8.86. The summed E-state index contributed by atoms with van der Waals surface area (Å²) in [5.74, 6) is 0. The molecule has 14 rings (SSSR count). The smallest absolute Gasteiger partial charge is 0.213 e. The van der Waals surface area contributed by atoms with Crippen molar-refractivity contribution in [3.8, 4) is 50.4 Å². The molecule has 14 aromatic rings. The number of hydrogen-bond acceptors (Lipinski definition) is 1. The molecule has 0 saturated carbocycles. The lowest BCUT2D eigenvalue weighted by atomic mass is 9.99. The van der Waals surface area contributed by atoms with Gasteiger partial charge in [0.2, 0.25) is 5.71 Å². The molecule has 0 aliphatic carbocycles. The Kier molecular flexibility index (Phi) is 7.95. The van der Waals surface area contributed by atoms with Crippen molar-refractivity contribution in [2.24, 2.45) is 0 Å². The van der Waals surface area contributed by atoms with Crippen molar-refractivity contribution in [1.29, 1.82) is 0 Å².